The minimum Gasteiger partial charge on any atom is -0.550 e. The Hall–Kier alpha value is -2.36. The number of carboxylic acids is 2. The van der Waals surface area contributed by atoms with E-state index in [-0.39, 0.29) is 92.8 Å². The van der Waals surface area contributed by atoms with E-state index in [0.717, 1.165) is 0 Å². The molecule has 0 aromatic rings. The molecule has 4 N–H and O–H groups in total. The number of alkyl carbamates (subject to hydrolysis) is 2. The normalized spacial score (nSPS) is 13.0. The van der Waals surface area contributed by atoms with Crippen molar-refractivity contribution in [2.24, 2.45) is 35.5 Å². The smallest absolute Gasteiger partial charge is 0.550 e. The molecule has 0 rings (SSSR count). The molecule has 0 spiro atoms. The zero-order chi connectivity index (χ0) is 34.6. The molecule has 0 bridgehead atoms. The fourth-order valence-electron chi connectivity index (χ4n) is 3.77. The van der Waals surface area contributed by atoms with Gasteiger partial charge in [0.25, 0.3) is 0 Å². The van der Waals surface area contributed by atoms with Crippen LogP contribution in [0.15, 0.2) is 0 Å². The van der Waals surface area contributed by atoms with Crippen molar-refractivity contribution in [3.8, 4) is 0 Å². The van der Waals surface area contributed by atoms with Crippen LogP contribution >= 0.6 is 0 Å². The Morgan fingerprint density at radius 3 is 1.04 bits per heavy atom. The average molecular weight is 691 g/mol. The molecule has 4 atom stereocenters. The molecule has 0 radical (unpaired) electrons. The first-order valence-corrected chi connectivity index (χ1v) is 14.9. The van der Waals surface area contributed by atoms with Crippen LogP contribution in [0.3, 0.4) is 0 Å². The van der Waals surface area contributed by atoms with E-state index in [0.29, 0.717) is 24.7 Å². The summed E-state index contributed by atoms with van der Waals surface area (Å²) < 4.78 is 19.5. The summed E-state index contributed by atoms with van der Waals surface area (Å²) in [6.45, 7) is 17.8. The minimum atomic E-state index is -1.15. The number of ether oxygens (including phenoxy) is 4. The fourth-order valence-corrected chi connectivity index (χ4v) is 3.77. The summed E-state index contributed by atoms with van der Waals surface area (Å²) in [5.74, 6) is -3.72. The fraction of sp³-hybridized carbons (Fsp3) is 0.800. The van der Waals surface area contributed by atoms with Gasteiger partial charge in [0.15, 0.2) is 0 Å². The predicted octanol–water partition coefficient (Wildman–Crippen LogP) is 0.915. The van der Waals surface area contributed by atoms with Crippen LogP contribution in [-0.2, 0) is 38.1 Å². The number of hydrogen-bond donors (Lipinski definition) is 2. The molecule has 46 heavy (non-hydrogen) atoms. The molecular weight excluding hydrogens is 636 g/mol. The number of nitrogens with one attached hydrogen (secondary N) is 2. The summed E-state index contributed by atoms with van der Waals surface area (Å²) in [7, 11) is 0. The van der Waals surface area contributed by atoms with E-state index in [2.05, 4.69) is 10.6 Å². The number of carbonyl (C=O) groups is 6. The molecule has 0 aromatic heterocycles. The number of carboxylic acid groups (broad SMARTS) is 2. The average Bonchev–Trinajstić information content (AvgIpc) is 2.84. The maximum atomic E-state index is 11.6. The molecular formula is C30H54CaN2O13. The van der Waals surface area contributed by atoms with E-state index in [1.807, 2.05) is 27.7 Å². The summed E-state index contributed by atoms with van der Waals surface area (Å²) in [5.41, 5.74) is 0. The number of esters is 2. The van der Waals surface area contributed by atoms with Crippen molar-refractivity contribution in [3.05, 3.63) is 0 Å². The molecule has 0 heterocycles. The van der Waals surface area contributed by atoms with E-state index in [9.17, 15) is 39.0 Å². The van der Waals surface area contributed by atoms with Crippen molar-refractivity contribution in [1.82, 2.24) is 10.6 Å². The monoisotopic (exact) mass is 690 g/mol. The predicted molar refractivity (Wildman–Crippen MR) is 164 cm³/mol. The third-order valence-corrected chi connectivity index (χ3v) is 5.64. The van der Waals surface area contributed by atoms with Crippen LogP contribution in [0.25, 0.3) is 0 Å². The first kappa shape index (κ1) is 50.5. The molecule has 0 aromatic carbocycles. The van der Waals surface area contributed by atoms with E-state index < -0.39 is 48.6 Å². The second-order valence-electron chi connectivity index (χ2n) is 12.0. The van der Waals surface area contributed by atoms with Crippen LogP contribution in [0.1, 0.15) is 94.9 Å². The molecule has 0 saturated carbocycles. The van der Waals surface area contributed by atoms with E-state index in [1.54, 1.807) is 27.7 Å². The number of carbonyl (C=O) groups excluding carboxylic acids is 6. The Balaban J connectivity index is -0.000000367. The molecule has 0 unspecified atom stereocenters. The molecule has 0 aliphatic heterocycles. The van der Waals surface area contributed by atoms with Crippen LogP contribution in [0.5, 0.6) is 0 Å². The van der Waals surface area contributed by atoms with Crippen LogP contribution in [0.4, 0.5) is 9.59 Å². The summed E-state index contributed by atoms with van der Waals surface area (Å²) in [4.78, 5) is 67.2. The molecule has 264 valence electrons. The van der Waals surface area contributed by atoms with E-state index >= 15 is 0 Å². The van der Waals surface area contributed by atoms with Crippen molar-refractivity contribution in [2.75, 3.05) is 13.1 Å². The molecule has 2 amide bonds. The van der Waals surface area contributed by atoms with Gasteiger partial charge in [0.1, 0.15) is 0 Å². The topological polar surface area (TPSA) is 241 Å². The summed E-state index contributed by atoms with van der Waals surface area (Å²) in [6, 6.07) is 0. The maximum absolute atomic E-state index is 11.6. The van der Waals surface area contributed by atoms with Gasteiger partial charge in [-0.25, -0.2) is 9.59 Å². The molecule has 0 saturated heterocycles. The number of aliphatic carboxylic acids is 2. The Morgan fingerprint density at radius 2 is 0.826 bits per heavy atom. The van der Waals surface area contributed by atoms with Crippen molar-refractivity contribution in [2.45, 2.75) is 108 Å². The Morgan fingerprint density at radius 1 is 0.543 bits per heavy atom. The van der Waals surface area contributed by atoms with Gasteiger partial charge in [-0.05, 0) is 49.4 Å². The van der Waals surface area contributed by atoms with Gasteiger partial charge >= 0.3 is 61.9 Å². The van der Waals surface area contributed by atoms with Gasteiger partial charge < -0.3 is 54.9 Å². The van der Waals surface area contributed by atoms with Crippen molar-refractivity contribution >= 4 is 73.8 Å². The van der Waals surface area contributed by atoms with Crippen LogP contribution in [0.2, 0.25) is 0 Å². The van der Waals surface area contributed by atoms with Crippen molar-refractivity contribution in [3.63, 3.8) is 0 Å². The van der Waals surface area contributed by atoms with Crippen LogP contribution in [0, 0.1) is 35.5 Å². The number of hydrogen-bond acceptors (Lipinski definition) is 12. The van der Waals surface area contributed by atoms with Gasteiger partial charge in [-0.15, -0.1) is 0 Å². The summed E-state index contributed by atoms with van der Waals surface area (Å²) in [5, 5.41) is 26.3. The Kier molecular flexibility index (Phi) is 30.4. The van der Waals surface area contributed by atoms with Crippen LogP contribution in [-0.4, -0.2) is 105 Å². The SMILES string of the molecule is CC(C)C[C@H](CNC(=O)O[C@H](C)OC(=O)C(C)C)CC(=O)[O-].CC(C)C[C@H](CNC(=O)O[C@H](C)OC(=O)C(C)C)CC(=O)[O-].O.[Ca+2]. The molecule has 16 heteroatoms. The zero-order valence-corrected chi connectivity index (χ0v) is 31.2. The molecule has 15 nitrogen and oxygen atoms in total. The van der Waals surface area contributed by atoms with Crippen LogP contribution < -0.4 is 20.8 Å². The first-order chi connectivity index (χ1) is 20.2. The number of rotatable bonds is 18. The quantitative estimate of drug-likeness (QED) is 0.116. The summed E-state index contributed by atoms with van der Waals surface area (Å²) >= 11 is 0. The Labute approximate surface area is 302 Å². The third kappa shape index (κ3) is 30.3. The Bertz CT molecular complexity index is 841. The standard InChI is InChI=1S/2C15H27NO6.Ca.H2O/c2*1-9(2)6-12(7-13(17)18)8-16-15(20)22-11(5)21-14(19)10(3)4;;/h2*9-12H,6-8H2,1-5H3,(H,16,20)(H,17,18);;1H2/q;;+2;/p-2/t2*11-,12+;;/m11../s1. The van der Waals surface area contributed by atoms with Gasteiger partial charge in [0.05, 0.1) is 11.8 Å². The number of amides is 2. The molecule has 0 aliphatic rings. The third-order valence-electron chi connectivity index (χ3n) is 5.64. The van der Waals surface area contributed by atoms with E-state index in [4.69, 9.17) is 18.9 Å². The largest absolute Gasteiger partial charge is 2.00 e. The first-order valence-electron chi connectivity index (χ1n) is 14.9. The summed E-state index contributed by atoms with van der Waals surface area (Å²) in [6.07, 6.45) is -2.48. The second kappa shape index (κ2) is 27.7. The maximum Gasteiger partial charge on any atom is 2.00 e. The van der Waals surface area contributed by atoms with Gasteiger partial charge in [-0.1, -0.05) is 55.4 Å². The molecule has 0 aliphatic carbocycles. The van der Waals surface area contributed by atoms with Gasteiger partial charge in [0, 0.05) is 38.9 Å². The second-order valence-corrected chi connectivity index (χ2v) is 12.0. The van der Waals surface area contributed by atoms with E-state index in [1.165, 1.54) is 13.8 Å². The molecule has 0 fully saturated rings. The van der Waals surface area contributed by atoms with Crippen molar-refractivity contribution in [1.29, 1.82) is 0 Å². The zero-order valence-electron chi connectivity index (χ0n) is 29.0. The van der Waals surface area contributed by atoms with Crippen molar-refractivity contribution < 1.29 is 63.4 Å². The minimum absolute atomic E-state index is 0. The van der Waals surface area contributed by atoms with Gasteiger partial charge in [0.2, 0.25) is 12.6 Å². The van der Waals surface area contributed by atoms with Gasteiger partial charge in [-0.3, -0.25) is 9.59 Å². The van der Waals surface area contributed by atoms with Gasteiger partial charge in [-0.2, -0.15) is 0 Å².